The van der Waals surface area contributed by atoms with Crippen molar-refractivity contribution >= 4 is 11.6 Å². The van der Waals surface area contributed by atoms with Crippen molar-refractivity contribution in [2.24, 2.45) is 0 Å². The third-order valence-corrected chi connectivity index (χ3v) is 4.46. The Balaban J connectivity index is 1.56. The van der Waals surface area contributed by atoms with Gasteiger partial charge in [0.2, 0.25) is 5.91 Å². The summed E-state index contributed by atoms with van der Waals surface area (Å²) in [6.45, 7) is 3.27. The molecule has 3 rings (SSSR count). The van der Waals surface area contributed by atoms with Gasteiger partial charge in [-0.15, -0.1) is 0 Å². The Morgan fingerprint density at radius 1 is 1.16 bits per heavy atom. The normalized spacial score (nSPS) is 19.2. The highest BCUT2D eigenvalue weighted by molar-refractivity contribution is 5.94. The zero-order valence-corrected chi connectivity index (χ0v) is 14.4. The van der Waals surface area contributed by atoms with Crippen molar-refractivity contribution in [3.8, 4) is 11.5 Å². The van der Waals surface area contributed by atoms with Gasteiger partial charge in [0, 0.05) is 12.2 Å². The van der Waals surface area contributed by atoms with Gasteiger partial charge in [0.05, 0.1) is 12.1 Å². The minimum atomic E-state index is -0.335. The van der Waals surface area contributed by atoms with E-state index in [-0.39, 0.29) is 18.1 Å². The molecule has 2 unspecified atom stereocenters. The lowest BCUT2D eigenvalue weighted by Crippen LogP contribution is -2.48. The number of hydrogen-bond acceptors (Lipinski definition) is 4. The van der Waals surface area contributed by atoms with Crippen molar-refractivity contribution in [2.45, 2.75) is 31.9 Å². The summed E-state index contributed by atoms with van der Waals surface area (Å²) in [5.74, 6) is 1.43. The van der Waals surface area contributed by atoms with Crippen LogP contribution in [0.4, 0.5) is 5.69 Å². The molecular weight excluding hydrogens is 316 g/mol. The molecular formula is C20H24N2O3. The zero-order chi connectivity index (χ0) is 17.6. The zero-order valence-electron chi connectivity index (χ0n) is 14.4. The van der Waals surface area contributed by atoms with Gasteiger partial charge in [0.15, 0.2) is 0 Å². The summed E-state index contributed by atoms with van der Waals surface area (Å²) in [6.07, 6.45) is 1.40. The van der Waals surface area contributed by atoms with Gasteiger partial charge < -0.3 is 15.2 Å². The lowest BCUT2D eigenvalue weighted by Gasteiger charge is -2.33. The first-order chi connectivity index (χ1) is 12.1. The standard InChI is InChI=1S/C20H24N2O3/c1-15(22-13-5-6-17(23)14-22)20(24)21-16-9-11-19(12-10-16)25-18-7-3-2-4-8-18/h2-4,7-12,15,17,23H,5-6,13-14H2,1H3,(H,21,24). The van der Waals surface area contributed by atoms with E-state index in [2.05, 4.69) is 5.32 Å². The fraction of sp³-hybridized carbons (Fsp3) is 0.350. The van der Waals surface area contributed by atoms with E-state index in [9.17, 15) is 9.90 Å². The third-order valence-electron chi connectivity index (χ3n) is 4.46. The number of piperidine rings is 1. The molecule has 2 atom stereocenters. The number of nitrogens with one attached hydrogen (secondary N) is 1. The fourth-order valence-electron chi connectivity index (χ4n) is 2.98. The molecule has 5 heteroatoms. The van der Waals surface area contributed by atoms with E-state index in [0.717, 1.165) is 36.6 Å². The SMILES string of the molecule is CC(C(=O)Nc1ccc(Oc2ccccc2)cc1)N1CCCC(O)C1. The Morgan fingerprint density at radius 3 is 2.52 bits per heavy atom. The average molecular weight is 340 g/mol. The van der Waals surface area contributed by atoms with Gasteiger partial charge in [-0.25, -0.2) is 0 Å². The van der Waals surface area contributed by atoms with E-state index in [4.69, 9.17) is 4.74 Å². The highest BCUT2D eigenvalue weighted by atomic mass is 16.5. The van der Waals surface area contributed by atoms with Crippen molar-refractivity contribution in [1.29, 1.82) is 0 Å². The van der Waals surface area contributed by atoms with Crippen LogP contribution in [0.25, 0.3) is 0 Å². The number of hydrogen-bond donors (Lipinski definition) is 2. The molecule has 1 aliphatic rings. The molecule has 1 aliphatic heterocycles. The second-order valence-corrected chi connectivity index (χ2v) is 6.40. The van der Waals surface area contributed by atoms with E-state index in [1.807, 2.05) is 66.4 Å². The topological polar surface area (TPSA) is 61.8 Å². The van der Waals surface area contributed by atoms with Crippen LogP contribution < -0.4 is 10.1 Å². The maximum Gasteiger partial charge on any atom is 0.241 e. The molecule has 0 spiro atoms. The van der Waals surface area contributed by atoms with Crippen LogP contribution in [-0.2, 0) is 4.79 Å². The minimum Gasteiger partial charge on any atom is -0.457 e. The summed E-state index contributed by atoms with van der Waals surface area (Å²) in [4.78, 5) is 14.5. The van der Waals surface area contributed by atoms with Crippen LogP contribution in [0.3, 0.4) is 0 Å². The highest BCUT2D eigenvalue weighted by Crippen LogP contribution is 2.23. The molecule has 5 nitrogen and oxygen atoms in total. The minimum absolute atomic E-state index is 0.0640. The van der Waals surface area contributed by atoms with Gasteiger partial charge in [0.1, 0.15) is 11.5 Å². The monoisotopic (exact) mass is 340 g/mol. The van der Waals surface area contributed by atoms with Crippen LogP contribution in [0.2, 0.25) is 0 Å². The quantitative estimate of drug-likeness (QED) is 0.877. The molecule has 0 saturated carbocycles. The van der Waals surface area contributed by atoms with E-state index < -0.39 is 0 Å². The van der Waals surface area contributed by atoms with E-state index >= 15 is 0 Å². The molecule has 2 N–H and O–H groups in total. The van der Waals surface area contributed by atoms with E-state index in [0.29, 0.717) is 6.54 Å². The number of carbonyl (C=O) groups is 1. The van der Waals surface area contributed by atoms with E-state index in [1.54, 1.807) is 0 Å². The molecule has 1 fully saturated rings. The van der Waals surface area contributed by atoms with Gasteiger partial charge in [0.25, 0.3) is 0 Å². The first-order valence-corrected chi connectivity index (χ1v) is 8.68. The van der Waals surface area contributed by atoms with Crippen molar-refractivity contribution in [3.05, 3.63) is 54.6 Å². The summed E-state index contributed by atoms with van der Waals surface area (Å²) in [7, 11) is 0. The number of β-amino-alcohol motifs (C(OH)–C–C–N with tert-alkyl or cyclic N) is 1. The second-order valence-electron chi connectivity index (χ2n) is 6.40. The Morgan fingerprint density at radius 2 is 1.84 bits per heavy atom. The van der Waals surface area contributed by atoms with Gasteiger partial charge in [-0.3, -0.25) is 9.69 Å². The third kappa shape index (κ3) is 4.81. The predicted molar refractivity (Wildman–Crippen MR) is 97.9 cm³/mol. The largest absolute Gasteiger partial charge is 0.457 e. The van der Waals surface area contributed by atoms with E-state index in [1.165, 1.54) is 0 Å². The molecule has 0 aromatic heterocycles. The Hall–Kier alpha value is -2.37. The summed E-state index contributed by atoms with van der Waals surface area (Å²) in [5, 5.41) is 12.7. The molecule has 0 bridgehead atoms. The van der Waals surface area contributed by atoms with Crippen LogP contribution in [0, 0.1) is 0 Å². The lowest BCUT2D eigenvalue weighted by atomic mass is 10.1. The number of carbonyl (C=O) groups excluding carboxylic acids is 1. The molecule has 1 heterocycles. The number of nitrogens with zero attached hydrogens (tertiary/aromatic N) is 1. The predicted octanol–water partition coefficient (Wildman–Crippen LogP) is 3.26. The molecule has 0 aliphatic carbocycles. The number of ether oxygens (including phenoxy) is 1. The first kappa shape index (κ1) is 17.5. The summed E-state index contributed by atoms with van der Waals surface area (Å²) in [6, 6.07) is 16.6. The van der Waals surface area contributed by atoms with Crippen LogP contribution in [-0.4, -0.2) is 41.1 Å². The summed E-state index contributed by atoms with van der Waals surface area (Å²) < 4.78 is 5.74. The summed E-state index contributed by atoms with van der Waals surface area (Å²) in [5.41, 5.74) is 0.731. The first-order valence-electron chi connectivity index (χ1n) is 8.68. The number of amides is 1. The maximum absolute atomic E-state index is 12.4. The molecule has 0 radical (unpaired) electrons. The fourth-order valence-corrected chi connectivity index (χ4v) is 2.98. The number of likely N-dealkylation sites (tertiary alicyclic amines) is 1. The molecule has 2 aromatic rings. The summed E-state index contributed by atoms with van der Waals surface area (Å²) >= 11 is 0. The van der Waals surface area contributed by atoms with Crippen LogP contribution in [0.15, 0.2) is 54.6 Å². The van der Waals surface area contributed by atoms with Crippen LogP contribution in [0.5, 0.6) is 11.5 Å². The number of anilines is 1. The smallest absolute Gasteiger partial charge is 0.241 e. The van der Waals surface area contributed by atoms with Gasteiger partial charge in [-0.1, -0.05) is 18.2 Å². The Kier molecular flexibility index (Phi) is 5.68. The molecule has 1 amide bonds. The number of aliphatic hydroxyl groups excluding tert-OH is 1. The average Bonchev–Trinajstić information content (AvgIpc) is 2.63. The van der Waals surface area contributed by atoms with Crippen LogP contribution >= 0.6 is 0 Å². The second kappa shape index (κ2) is 8.14. The number of rotatable bonds is 5. The van der Waals surface area contributed by atoms with Crippen LogP contribution in [0.1, 0.15) is 19.8 Å². The molecule has 2 aromatic carbocycles. The number of para-hydroxylation sites is 1. The molecule has 1 saturated heterocycles. The Bertz CT molecular complexity index is 688. The van der Waals surface area contributed by atoms with Crippen molar-refractivity contribution < 1.29 is 14.6 Å². The lowest BCUT2D eigenvalue weighted by molar-refractivity contribution is -0.121. The van der Waals surface area contributed by atoms with Gasteiger partial charge >= 0.3 is 0 Å². The number of aliphatic hydroxyl groups is 1. The van der Waals surface area contributed by atoms with Crippen molar-refractivity contribution in [2.75, 3.05) is 18.4 Å². The van der Waals surface area contributed by atoms with Gasteiger partial charge in [-0.2, -0.15) is 0 Å². The highest BCUT2D eigenvalue weighted by Gasteiger charge is 2.26. The van der Waals surface area contributed by atoms with Crippen molar-refractivity contribution in [1.82, 2.24) is 4.90 Å². The molecule has 132 valence electrons. The number of benzene rings is 2. The van der Waals surface area contributed by atoms with Crippen molar-refractivity contribution in [3.63, 3.8) is 0 Å². The Labute approximate surface area is 148 Å². The maximum atomic E-state index is 12.4. The van der Waals surface area contributed by atoms with Gasteiger partial charge in [-0.05, 0) is 62.7 Å². The molecule has 25 heavy (non-hydrogen) atoms.